The van der Waals surface area contributed by atoms with E-state index in [1.54, 1.807) is 0 Å². The van der Waals surface area contributed by atoms with Crippen molar-refractivity contribution in [3.05, 3.63) is 0 Å². The Labute approximate surface area is 126 Å². The number of nitrogens with two attached hydrogens (primary N) is 1. The molecule has 1 aromatic rings. The molecule has 0 atom stereocenters. The van der Waals surface area contributed by atoms with Gasteiger partial charge in [0, 0.05) is 13.1 Å². The van der Waals surface area contributed by atoms with Crippen molar-refractivity contribution < 1.29 is 4.74 Å². The third-order valence-corrected chi connectivity index (χ3v) is 4.92. The lowest BCUT2D eigenvalue weighted by Gasteiger charge is -2.39. The topological polar surface area (TPSA) is 51.4 Å². The predicted octanol–water partition coefficient (Wildman–Crippen LogP) is 3.78. The standard InChI is InChI=1S/C15H27N3OS/c1-10(2)19-12-13(16)17-20-14(12)18-8-6-11(7-9-18)15(3,4)5/h10-11H,6-9H2,1-5H3,(H2,16,17). The molecule has 0 unspecified atom stereocenters. The molecule has 1 aliphatic rings. The highest BCUT2D eigenvalue weighted by Crippen LogP contribution is 2.42. The number of aromatic nitrogens is 1. The maximum atomic E-state index is 5.94. The Morgan fingerprint density at radius 1 is 1.30 bits per heavy atom. The van der Waals surface area contributed by atoms with E-state index in [0.717, 1.165) is 29.8 Å². The molecule has 1 saturated heterocycles. The van der Waals surface area contributed by atoms with Gasteiger partial charge in [0.25, 0.3) is 0 Å². The highest BCUT2D eigenvalue weighted by Gasteiger charge is 2.31. The van der Waals surface area contributed by atoms with E-state index in [2.05, 4.69) is 30.0 Å². The summed E-state index contributed by atoms with van der Waals surface area (Å²) in [5.74, 6) is 2.09. The summed E-state index contributed by atoms with van der Waals surface area (Å²) >= 11 is 1.46. The van der Waals surface area contributed by atoms with Crippen LogP contribution >= 0.6 is 11.5 Å². The number of anilines is 2. The highest BCUT2D eigenvalue weighted by atomic mass is 32.1. The average molecular weight is 297 g/mol. The van der Waals surface area contributed by atoms with E-state index >= 15 is 0 Å². The molecule has 0 aliphatic carbocycles. The fourth-order valence-corrected chi connectivity index (χ4v) is 3.58. The minimum absolute atomic E-state index is 0.125. The first kappa shape index (κ1) is 15.4. The Balaban J connectivity index is 2.07. The van der Waals surface area contributed by atoms with Crippen LogP contribution in [-0.4, -0.2) is 23.6 Å². The normalized spacial score (nSPS) is 17.8. The average Bonchev–Trinajstić information content (AvgIpc) is 2.70. The van der Waals surface area contributed by atoms with Gasteiger partial charge in [0.05, 0.1) is 6.10 Å². The van der Waals surface area contributed by atoms with E-state index in [1.807, 2.05) is 13.8 Å². The fourth-order valence-electron chi connectivity index (χ4n) is 2.78. The second-order valence-corrected chi connectivity index (χ2v) is 7.75. The molecule has 0 aromatic carbocycles. The van der Waals surface area contributed by atoms with Crippen LogP contribution in [0.2, 0.25) is 0 Å². The van der Waals surface area contributed by atoms with Crippen LogP contribution in [0.4, 0.5) is 10.8 Å². The third-order valence-electron chi connectivity index (χ3n) is 4.02. The molecule has 2 heterocycles. The van der Waals surface area contributed by atoms with Gasteiger partial charge in [-0.05, 0) is 49.6 Å². The van der Waals surface area contributed by atoms with Crippen LogP contribution in [0, 0.1) is 11.3 Å². The summed E-state index contributed by atoms with van der Waals surface area (Å²) in [4.78, 5) is 2.38. The summed E-state index contributed by atoms with van der Waals surface area (Å²) in [6, 6.07) is 0. The zero-order valence-corrected chi connectivity index (χ0v) is 14.1. The van der Waals surface area contributed by atoms with E-state index in [0.29, 0.717) is 11.2 Å². The number of ether oxygens (including phenoxy) is 1. The molecule has 0 bridgehead atoms. The quantitative estimate of drug-likeness (QED) is 0.922. The molecule has 1 aliphatic heterocycles. The van der Waals surface area contributed by atoms with Crippen molar-refractivity contribution in [2.24, 2.45) is 11.3 Å². The maximum absolute atomic E-state index is 5.94. The van der Waals surface area contributed by atoms with Crippen molar-refractivity contribution in [2.45, 2.75) is 53.6 Å². The molecule has 4 nitrogen and oxygen atoms in total. The van der Waals surface area contributed by atoms with E-state index in [1.165, 1.54) is 24.4 Å². The second kappa shape index (κ2) is 5.80. The molecule has 1 fully saturated rings. The second-order valence-electron chi connectivity index (χ2n) is 7.00. The zero-order valence-electron chi connectivity index (χ0n) is 13.3. The van der Waals surface area contributed by atoms with Crippen LogP contribution in [0.3, 0.4) is 0 Å². The molecule has 0 radical (unpaired) electrons. The Morgan fingerprint density at radius 2 is 1.90 bits per heavy atom. The lowest BCUT2D eigenvalue weighted by atomic mass is 9.75. The minimum atomic E-state index is 0.125. The number of nitrogens with zero attached hydrogens (tertiary/aromatic N) is 2. The molecule has 5 heteroatoms. The van der Waals surface area contributed by atoms with Gasteiger partial charge in [-0.15, -0.1) is 0 Å². The largest absolute Gasteiger partial charge is 0.484 e. The number of hydrogen-bond donors (Lipinski definition) is 1. The fraction of sp³-hybridized carbons (Fsp3) is 0.800. The van der Waals surface area contributed by atoms with E-state index < -0.39 is 0 Å². The van der Waals surface area contributed by atoms with Gasteiger partial charge in [-0.3, -0.25) is 0 Å². The maximum Gasteiger partial charge on any atom is 0.198 e. The van der Waals surface area contributed by atoms with Crippen molar-refractivity contribution in [3.63, 3.8) is 0 Å². The van der Waals surface area contributed by atoms with Crippen molar-refractivity contribution in [3.8, 4) is 5.75 Å². The third kappa shape index (κ3) is 3.37. The van der Waals surface area contributed by atoms with Crippen LogP contribution in [0.25, 0.3) is 0 Å². The smallest absolute Gasteiger partial charge is 0.198 e. The first-order valence-electron chi connectivity index (χ1n) is 7.45. The van der Waals surface area contributed by atoms with Crippen LogP contribution in [0.5, 0.6) is 5.75 Å². The summed E-state index contributed by atoms with van der Waals surface area (Å²) in [6.45, 7) is 13.2. The van der Waals surface area contributed by atoms with Crippen LogP contribution in [0.15, 0.2) is 0 Å². The zero-order chi connectivity index (χ0) is 14.9. The highest BCUT2D eigenvalue weighted by molar-refractivity contribution is 7.11. The first-order valence-corrected chi connectivity index (χ1v) is 8.23. The van der Waals surface area contributed by atoms with Crippen LogP contribution in [0.1, 0.15) is 47.5 Å². The Hall–Kier alpha value is -0.970. The van der Waals surface area contributed by atoms with E-state index in [9.17, 15) is 0 Å². The van der Waals surface area contributed by atoms with Crippen molar-refractivity contribution in [2.75, 3.05) is 23.7 Å². The Bertz CT molecular complexity index is 442. The Kier molecular flexibility index (Phi) is 4.47. The first-order chi connectivity index (χ1) is 9.29. The van der Waals surface area contributed by atoms with Crippen molar-refractivity contribution >= 4 is 22.4 Å². The number of piperidine rings is 1. The summed E-state index contributed by atoms with van der Waals surface area (Å²) in [5.41, 5.74) is 6.34. The summed E-state index contributed by atoms with van der Waals surface area (Å²) in [7, 11) is 0. The lowest BCUT2D eigenvalue weighted by molar-refractivity contribution is 0.198. The van der Waals surface area contributed by atoms with E-state index in [4.69, 9.17) is 10.5 Å². The minimum Gasteiger partial charge on any atom is -0.484 e. The Morgan fingerprint density at radius 3 is 2.40 bits per heavy atom. The van der Waals surface area contributed by atoms with Gasteiger partial charge in [0.15, 0.2) is 16.6 Å². The van der Waals surface area contributed by atoms with Crippen molar-refractivity contribution in [1.82, 2.24) is 4.37 Å². The van der Waals surface area contributed by atoms with Gasteiger partial charge in [-0.25, -0.2) is 0 Å². The summed E-state index contributed by atoms with van der Waals surface area (Å²) in [5, 5.41) is 1.10. The molecule has 2 rings (SSSR count). The number of rotatable bonds is 3. The molecule has 0 saturated carbocycles. The lowest BCUT2D eigenvalue weighted by Crippen LogP contribution is -2.37. The van der Waals surface area contributed by atoms with Gasteiger partial charge >= 0.3 is 0 Å². The van der Waals surface area contributed by atoms with Crippen LogP contribution < -0.4 is 15.4 Å². The monoisotopic (exact) mass is 297 g/mol. The molecule has 2 N–H and O–H groups in total. The van der Waals surface area contributed by atoms with Gasteiger partial charge in [-0.2, -0.15) is 4.37 Å². The van der Waals surface area contributed by atoms with Crippen molar-refractivity contribution in [1.29, 1.82) is 0 Å². The van der Waals surface area contributed by atoms with Gasteiger partial charge in [-0.1, -0.05) is 20.8 Å². The molecule has 1 aromatic heterocycles. The summed E-state index contributed by atoms with van der Waals surface area (Å²) < 4.78 is 10.1. The number of nitrogen functional groups attached to an aromatic ring is 1. The molecular weight excluding hydrogens is 270 g/mol. The molecule has 114 valence electrons. The predicted molar refractivity (Wildman–Crippen MR) is 86.7 cm³/mol. The van der Waals surface area contributed by atoms with E-state index in [-0.39, 0.29) is 6.10 Å². The number of hydrogen-bond acceptors (Lipinski definition) is 5. The van der Waals surface area contributed by atoms with Gasteiger partial charge in [0.2, 0.25) is 0 Å². The van der Waals surface area contributed by atoms with Gasteiger partial charge < -0.3 is 15.4 Å². The molecule has 0 amide bonds. The molecular formula is C15H27N3OS. The van der Waals surface area contributed by atoms with Crippen LogP contribution in [-0.2, 0) is 0 Å². The van der Waals surface area contributed by atoms with Gasteiger partial charge in [0.1, 0.15) is 0 Å². The molecule has 20 heavy (non-hydrogen) atoms. The summed E-state index contributed by atoms with van der Waals surface area (Å²) in [6.07, 6.45) is 2.57. The molecule has 0 spiro atoms. The SMILES string of the molecule is CC(C)Oc1c(N)nsc1N1CCC(C(C)(C)C)CC1.